The first-order valence-electron chi connectivity index (χ1n) is 21.4. The van der Waals surface area contributed by atoms with Crippen molar-refractivity contribution in [3.8, 4) is 0 Å². The Morgan fingerprint density at radius 1 is 0.527 bits per heavy atom. The summed E-state index contributed by atoms with van der Waals surface area (Å²) in [5, 5.41) is 10.5. The summed E-state index contributed by atoms with van der Waals surface area (Å²) in [6.45, 7) is 3.56. The van der Waals surface area contributed by atoms with Gasteiger partial charge >= 0.3 is 29.8 Å². The minimum absolute atomic E-state index is 0.0535. The van der Waals surface area contributed by atoms with Gasteiger partial charge in [-0.1, -0.05) is 76.7 Å². The monoisotopic (exact) mass is 777 g/mol. The predicted molar refractivity (Wildman–Crippen MR) is 211 cm³/mol. The molecule has 0 heterocycles. The van der Waals surface area contributed by atoms with Crippen molar-refractivity contribution in [2.24, 2.45) is 23.2 Å². The number of ether oxygens (including phenoxy) is 5. The largest absolute Gasteiger partial charge is 0.465 e. The molecule has 11 heteroatoms. The van der Waals surface area contributed by atoms with Crippen LogP contribution >= 0.6 is 0 Å². The van der Waals surface area contributed by atoms with Crippen LogP contribution < -0.4 is 0 Å². The van der Waals surface area contributed by atoms with Gasteiger partial charge in [-0.3, -0.25) is 24.0 Å². The van der Waals surface area contributed by atoms with E-state index in [0.29, 0.717) is 63.6 Å². The molecule has 0 aliphatic heterocycles. The van der Waals surface area contributed by atoms with Crippen molar-refractivity contribution in [3.63, 3.8) is 0 Å². The zero-order valence-corrected chi connectivity index (χ0v) is 34.1. The Labute approximate surface area is 330 Å². The Balaban J connectivity index is 1.75. The number of aliphatic hydroxyl groups is 1. The molecule has 0 radical (unpaired) electrons. The van der Waals surface area contributed by atoms with Crippen molar-refractivity contribution in [3.05, 3.63) is 24.3 Å². The summed E-state index contributed by atoms with van der Waals surface area (Å²) >= 11 is 0. The smallest absolute Gasteiger partial charge is 0.308 e. The lowest BCUT2D eigenvalue weighted by Gasteiger charge is -2.32. The second-order valence-corrected chi connectivity index (χ2v) is 15.7. The highest BCUT2D eigenvalue weighted by molar-refractivity contribution is 5.73. The van der Waals surface area contributed by atoms with E-state index < -0.39 is 24.0 Å². The Morgan fingerprint density at radius 3 is 1.35 bits per heavy atom. The lowest BCUT2D eigenvalue weighted by Crippen LogP contribution is -2.43. The van der Waals surface area contributed by atoms with Gasteiger partial charge < -0.3 is 28.8 Å². The summed E-state index contributed by atoms with van der Waals surface area (Å²) in [6, 6.07) is 0. The highest BCUT2D eigenvalue weighted by Crippen LogP contribution is 2.45. The predicted octanol–water partition coefficient (Wildman–Crippen LogP) is 8.68. The standard InChI is InChI=1S/C44H72O11/c1-3-5-7-9-11-13-19-27-51-39(46)21-15-17-23-41(48)53-33-44(32-45,35-55-43(50)38-30-36-25-26-37(29-36)31-38)34-54-42(49)24-18-16-22-40(47)52-28-20-14-12-10-8-6-4-2/h11-14,36-38,45H,3-10,15-35H2,1-2H3/b13-11-,14-12-. The topological polar surface area (TPSA) is 152 Å². The Morgan fingerprint density at radius 2 is 0.927 bits per heavy atom. The molecule has 55 heavy (non-hydrogen) atoms. The summed E-state index contributed by atoms with van der Waals surface area (Å²) in [4.78, 5) is 62.6. The highest BCUT2D eigenvalue weighted by atomic mass is 16.6. The number of hydrogen-bond donors (Lipinski definition) is 1. The van der Waals surface area contributed by atoms with Crippen LogP contribution in [0.15, 0.2) is 24.3 Å². The molecule has 2 atom stereocenters. The Bertz CT molecular complexity index is 1090. The molecule has 11 nitrogen and oxygen atoms in total. The molecule has 0 saturated heterocycles. The van der Waals surface area contributed by atoms with E-state index in [9.17, 15) is 29.1 Å². The SMILES string of the molecule is CCCCC/C=C\CCOC(=O)CCCCC(=O)OCC(CO)(COC(=O)CCCCC(=O)OCC/C=C\CCCCC)COC(=O)C1CC2CCC(C2)C1. The summed E-state index contributed by atoms with van der Waals surface area (Å²) in [5.41, 5.74) is -1.34. The molecular formula is C44H72O11. The first-order valence-corrected chi connectivity index (χ1v) is 21.4. The number of carbonyl (C=O) groups excluding carboxylic acids is 5. The van der Waals surface area contributed by atoms with E-state index in [1.54, 1.807) is 0 Å². The first-order chi connectivity index (χ1) is 26.7. The minimum Gasteiger partial charge on any atom is -0.465 e. The fraction of sp³-hybridized carbons (Fsp3) is 0.795. The Hall–Kier alpha value is -3.21. The molecule has 2 aliphatic rings. The average Bonchev–Trinajstić information content (AvgIpc) is 3.53. The number of hydrogen-bond acceptors (Lipinski definition) is 11. The molecule has 0 amide bonds. The van der Waals surface area contributed by atoms with Crippen LogP contribution in [0.5, 0.6) is 0 Å². The summed E-state index contributed by atoms with van der Waals surface area (Å²) in [7, 11) is 0. The van der Waals surface area contributed by atoms with Crippen molar-refractivity contribution in [1.82, 2.24) is 0 Å². The number of carbonyl (C=O) groups is 5. The number of unbranched alkanes of at least 4 members (excludes halogenated alkanes) is 8. The van der Waals surface area contributed by atoms with Gasteiger partial charge in [0.15, 0.2) is 0 Å². The van der Waals surface area contributed by atoms with E-state index in [1.807, 2.05) is 12.2 Å². The average molecular weight is 777 g/mol. The van der Waals surface area contributed by atoms with Crippen LogP contribution in [-0.2, 0) is 47.7 Å². The molecule has 2 bridgehead atoms. The molecule has 0 aromatic carbocycles. The number of aliphatic hydroxyl groups excluding tert-OH is 1. The van der Waals surface area contributed by atoms with Crippen LogP contribution in [0, 0.1) is 23.2 Å². The van der Waals surface area contributed by atoms with Crippen molar-refractivity contribution >= 4 is 29.8 Å². The van der Waals surface area contributed by atoms with Gasteiger partial charge in [0.1, 0.15) is 19.8 Å². The summed E-state index contributed by atoms with van der Waals surface area (Å²) in [5.74, 6) is -1.15. The second-order valence-electron chi connectivity index (χ2n) is 15.7. The maximum atomic E-state index is 13.1. The number of esters is 5. The van der Waals surface area contributed by atoms with Gasteiger partial charge in [-0.2, -0.15) is 0 Å². The van der Waals surface area contributed by atoms with Gasteiger partial charge in [-0.25, -0.2) is 0 Å². The van der Waals surface area contributed by atoms with Gasteiger partial charge in [0, 0.05) is 25.7 Å². The van der Waals surface area contributed by atoms with E-state index in [2.05, 4.69) is 26.0 Å². The molecule has 2 unspecified atom stereocenters. The zero-order valence-electron chi connectivity index (χ0n) is 34.1. The maximum absolute atomic E-state index is 13.1. The van der Waals surface area contributed by atoms with E-state index in [4.69, 9.17) is 23.7 Å². The fourth-order valence-corrected chi connectivity index (χ4v) is 7.11. The molecule has 0 aromatic rings. The van der Waals surface area contributed by atoms with Crippen LogP contribution in [0.25, 0.3) is 0 Å². The van der Waals surface area contributed by atoms with Gasteiger partial charge in [0.25, 0.3) is 0 Å². The van der Waals surface area contributed by atoms with Crippen LogP contribution in [0.3, 0.4) is 0 Å². The van der Waals surface area contributed by atoms with Gasteiger partial charge in [0.05, 0.1) is 31.2 Å². The van der Waals surface area contributed by atoms with Crippen molar-refractivity contribution in [2.45, 2.75) is 162 Å². The molecule has 314 valence electrons. The van der Waals surface area contributed by atoms with Crippen LogP contribution in [-0.4, -0.2) is 74.6 Å². The van der Waals surface area contributed by atoms with E-state index in [-0.39, 0.29) is 69.3 Å². The summed E-state index contributed by atoms with van der Waals surface area (Å²) in [6.07, 6.45) is 26.1. The second kappa shape index (κ2) is 30.0. The van der Waals surface area contributed by atoms with Crippen LogP contribution in [0.1, 0.15) is 162 Å². The minimum atomic E-state index is -1.34. The Kier molecular flexibility index (Phi) is 26.1. The fourth-order valence-electron chi connectivity index (χ4n) is 7.11. The molecule has 0 aromatic heterocycles. The third-order valence-electron chi connectivity index (χ3n) is 10.6. The molecule has 2 aliphatic carbocycles. The molecule has 2 fully saturated rings. The third-order valence-corrected chi connectivity index (χ3v) is 10.6. The molecule has 2 saturated carbocycles. The number of fused-ring (bicyclic) bond motifs is 2. The third kappa shape index (κ3) is 22.8. The van der Waals surface area contributed by atoms with E-state index >= 15 is 0 Å². The lowest BCUT2D eigenvalue weighted by molar-refractivity contribution is -0.168. The molecule has 2 rings (SSSR count). The van der Waals surface area contributed by atoms with Crippen molar-refractivity contribution in [2.75, 3.05) is 39.6 Å². The first kappa shape index (κ1) is 47.9. The molecular weight excluding hydrogens is 704 g/mol. The van der Waals surface area contributed by atoms with E-state index in [1.165, 1.54) is 25.7 Å². The van der Waals surface area contributed by atoms with Crippen LogP contribution in [0.4, 0.5) is 0 Å². The molecule has 1 N–H and O–H groups in total. The summed E-state index contributed by atoms with van der Waals surface area (Å²) < 4.78 is 27.3. The van der Waals surface area contributed by atoms with Crippen molar-refractivity contribution < 1.29 is 52.8 Å². The van der Waals surface area contributed by atoms with Gasteiger partial charge in [-0.15, -0.1) is 0 Å². The van der Waals surface area contributed by atoms with Gasteiger partial charge in [-0.05, 0) is 95.3 Å². The number of allylic oxidation sites excluding steroid dienone is 2. The highest BCUT2D eigenvalue weighted by Gasteiger charge is 2.40. The lowest BCUT2D eigenvalue weighted by atomic mass is 9.81. The molecule has 0 spiro atoms. The van der Waals surface area contributed by atoms with Gasteiger partial charge in [0.2, 0.25) is 0 Å². The normalized spacial score (nSPS) is 18.1. The number of rotatable bonds is 32. The quantitative estimate of drug-likeness (QED) is 0.0302. The van der Waals surface area contributed by atoms with E-state index in [0.717, 1.165) is 57.8 Å². The van der Waals surface area contributed by atoms with Crippen LogP contribution in [0.2, 0.25) is 0 Å². The maximum Gasteiger partial charge on any atom is 0.308 e. The zero-order chi connectivity index (χ0) is 40.0. The van der Waals surface area contributed by atoms with Crippen molar-refractivity contribution in [1.29, 1.82) is 0 Å².